The van der Waals surface area contributed by atoms with Crippen molar-refractivity contribution in [1.29, 1.82) is 0 Å². The van der Waals surface area contributed by atoms with Crippen molar-refractivity contribution >= 4 is 17.3 Å². The molecule has 0 aliphatic rings. The monoisotopic (exact) mass is 289 g/mol. The number of aryl methyl sites for hydroxylation is 2. The largest absolute Gasteiger partial charge is 0.333 e. The molecule has 0 atom stereocenters. The highest BCUT2D eigenvalue weighted by molar-refractivity contribution is 5.62. The number of anilines is 2. The Morgan fingerprint density at radius 2 is 1.95 bits per heavy atom. The van der Waals surface area contributed by atoms with Crippen LogP contribution in [0.25, 0.3) is 0 Å². The molecule has 0 unspecified atom stereocenters. The molecule has 0 spiro atoms. The Bertz CT molecular complexity index is 782. The van der Waals surface area contributed by atoms with Crippen LogP contribution in [-0.4, -0.2) is 14.6 Å². The Morgan fingerprint density at radius 3 is 2.57 bits per heavy atom. The molecule has 0 fully saturated rings. The third-order valence-corrected chi connectivity index (χ3v) is 3.26. The second-order valence-corrected chi connectivity index (χ2v) is 4.76. The molecule has 1 heterocycles. The molecule has 21 heavy (non-hydrogen) atoms. The number of hydrogen-bond donors (Lipinski definition) is 2. The van der Waals surface area contributed by atoms with Crippen LogP contribution in [-0.2, 0) is 0 Å². The van der Waals surface area contributed by atoms with Crippen LogP contribution in [0.4, 0.5) is 17.3 Å². The number of nitrogen functional groups attached to an aromatic ring is 1. The fourth-order valence-corrected chi connectivity index (χ4v) is 1.89. The third kappa shape index (κ3) is 2.69. The first-order chi connectivity index (χ1) is 9.81. The lowest BCUT2D eigenvalue weighted by molar-refractivity contribution is -0.385. The minimum atomic E-state index is -0.453. The number of aromatic nitrogens is 2. The van der Waals surface area contributed by atoms with Gasteiger partial charge in [-0.15, -0.1) is 0 Å². The lowest BCUT2D eigenvalue weighted by atomic mass is 10.1. The quantitative estimate of drug-likeness (QED) is 0.503. The van der Waals surface area contributed by atoms with Gasteiger partial charge < -0.3 is 11.2 Å². The maximum Gasteiger partial charge on any atom is 0.276 e. The van der Waals surface area contributed by atoms with Crippen LogP contribution in [0.5, 0.6) is 0 Å². The predicted molar refractivity (Wildman–Crippen MR) is 79.2 cm³/mol. The van der Waals surface area contributed by atoms with Gasteiger partial charge in [-0.2, -0.15) is 4.68 Å². The van der Waals surface area contributed by atoms with Crippen molar-refractivity contribution in [2.75, 3.05) is 11.2 Å². The maximum absolute atomic E-state index is 11.7. The van der Waals surface area contributed by atoms with Crippen molar-refractivity contribution in [2.24, 2.45) is 0 Å². The molecule has 0 aliphatic carbocycles. The first-order valence-corrected chi connectivity index (χ1v) is 6.17. The molecule has 3 N–H and O–H groups in total. The van der Waals surface area contributed by atoms with Gasteiger partial charge in [-0.3, -0.25) is 14.9 Å². The third-order valence-electron chi connectivity index (χ3n) is 3.26. The van der Waals surface area contributed by atoms with Crippen molar-refractivity contribution in [3.63, 3.8) is 0 Å². The van der Waals surface area contributed by atoms with E-state index in [1.165, 1.54) is 12.3 Å². The fourth-order valence-electron chi connectivity index (χ4n) is 1.89. The van der Waals surface area contributed by atoms with Crippen molar-refractivity contribution in [2.45, 2.75) is 20.8 Å². The zero-order valence-electron chi connectivity index (χ0n) is 11.9. The molecular formula is C13H15N5O3. The summed E-state index contributed by atoms with van der Waals surface area (Å²) in [5, 5.41) is 13.9. The molecule has 0 aliphatic heterocycles. The normalized spacial score (nSPS) is 10.4. The highest BCUT2D eigenvalue weighted by Gasteiger charge is 2.15. The predicted octanol–water partition coefficient (Wildman–Crippen LogP) is 1.53. The smallest absolute Gasteiger partial charge is 0.276 e. The van der Waals surface area contributed by atoms with E-state index < -0.39 is 4.92 Å². The Balaban J connectivity index is 2.48. The summed E-state index contributed by atoms with van der Waals surface area (Å²) < 4.78 is 0.871. The zero-order chi connectivity index (χ0) is 15.7. The Kier molecular flexibility index (Phi) is 3.62. The van der Waals surface area contributed by atoms with Crippen LogP contribution >= 0.6 is 0 Å². The van der Waals surface area contributed by atoms with Gasteiger partial charge in [0, 0.05) is 29.1 Å². The second-order valence-electron chi connectivity index (χ2n) is 4.76. The molecule has 1 aromatic carbocycles. The number of nitrogens with one attached hydrogen (secondary N) is 1. The van der Waals surface area contributed by atoms with Crippen LogP contribution in [0.15, 0.2) is 23.1 Å². The van der Waals surface area contributed by atoms with E-state index in [1.54, 1.807) is 26.8 Å². The lowest BCUT2D eigenvalue weighted by Gasteiger charge is -2.11. The first kappa shape index (κ1) is 14.5. The van der Waals surface area contributed by atoms with Gasteiger partial charge in [-0.05, 0) is 32.4 Å². The van der Waals surface area contributed by atoms with Crippen molar-refractivity contribution in [3.8, 4) is 0 Å². The summed E-state index contributed by atoms with van der Waals surface area (Å²) in [5.74, 6) is 5.76. The molecule has 0 bridgehead atoms. The average molecular weight is 289 g/mol. The number of hydrogen-bond acceptors (Lipinski definition) is 6. The molecule has 8 nitrogen and oxygen atoms in total. The average Bonchev–Trinajstić information content (AvgIpc) is 2.43. The summed E-state index contributed by atoms with van der Waals surface area (Å²) in [6.07, 6.45) is 1.39. The van der Waals surface area contributed by atoms with Crippen molar-refractivity contribution in [3.05, 3.63) is 55.5 Å². The number of rotatable bonds is 3. The van der Waals surface area contributed by atoms with E-state index in [0.717, 1.165) is 10.2 Å². The minimum absolute atomic E-state index is 0.00414. The molecule has 0 amide bonds. The molecule has 0 saturated carbocycles. The zero-order valence-corrected chi connectivity index (χ0v) is 11.9. The molecule has 1 aromatic heterocycles. The van der Waals surface area contributed by atoms with Gasteiger partial charge >= 0.3 is 0 Å². The van der Waals surface area contributed by atoms with Crippen LogP contribution in [0.2, 0.25) is 0 Å². The van der Waals surface area contributed by atoms with Gasteiger partial charge in [0.05, 0.1) is 4.92 Å². The standard InChI is InChI=1S/C13H15N5O3/c1-7-4-10(5-11(9(7)3)18(20)21)16-13-15-6-8(2)12(19)17(13)14/h4-6H,14H2,1-3H3,(H,15,16). The van der Waals surface area contributed by atoms with Crippen LogP contribution in [0.3, 0.4) is 0 Å². The molecule has 2 rings (SSSR count). The lowest BCUT2D eigenvalue weighted by Crippen LogP contribution is -2.31. The molecule has 110 valence electrons. The van der Waals surface area contributed by atoms with Gasteiger partial charge in [0.1, 0.15) is 0 Å². The van der Waals surface area contributed by atoms with E-state index in [9.17, 15) is 14.9 Å². The molecule has 8 heteroatoms. The van der Waals surface area contributed by atoms with Crippen LogP contribution in [0, 0.1) is 30.9 Å². The fraction of sp³-hybridized carbons (Fsp3) is 0.231. The molecule has 2 aromatic rings. The van der Waals surface area contributed by atoms with E-state index in [2.05, 4.69) is 10.3 Å². The molecule has 0 saturated heterocycles. The number of nitrogens with two attached hydrogens (primary N) is 1. The highest BCUT2D eigenvalue weighted by Crippen LogP contribution is 2.27. The topological polar surface area (TPSA) is 116 Å². The van der Waals surface area contributed by atoms with Gasteiger partial charge in [0.25, 0.3) is 11.2 Å². The Labute approximate surface area is 120 Å². The Hall–Kier alpha value is -2.90. The van der Waals surface area contributed by atoms with Crippen molar-refractivity contribution in [1.82, 2.24) is 9.66 Å². The van der Waals surface area contributed by atoms with E-state index in [0.29, 0.717) is 16.8 Å². The van der Waals surface area contributed by atoms with E-state index >= 15 is 0 Å². The van der Waals surface area contributed by atoms with E-state index in [4.69, 9.17) is 5.84 Å². The summed E-state index contributed by atoms with van der Waals surface area (Å²) in [6, 6.07) is 3.11. The second kappa shape index (κ2) is 5.23. The summed E-state index contributed by atoms with van der Waals surface area (Å²) in [4.78, 5) is 26.3. The van der Waals surface area contributed by atoms with Crippen LogP contribution < -0.4 is 16.7 Å². The number of nitro benzene ring substituents is 1. The van der Waals surface area contributed by atoms with Gasteiger partial charge in [0.15, 0.2) is 0 Å². The summed E-state index contributed by atoms with van der Waals surface area (Å²) in [6.45, 7) is 5.05. The maximum atomic E-state index is 11.7. The summed E-state index contributed by atoms with van der Waals surface area (Å²) in [7, 11) is 0. The first-order valence-electron chi connectivity index (χ1n) is 6.17. The molecule has 0 radical (unpaired) electrons. The van der Waals surface area contributed by atoms with Gasteiger partial charge in [0.2, 0.25) is 5.95 Å². The number of nitrogens with zero attached hydrogens (tertiary/aromatic N) is 3. The summed E-state index contributed by atoms with van der Waals surface area (Å²) >= 11 is 0. The van der Waals surface area contributed by atoms with E-state index in [1.807, 2.05) is 0 Å². The van der Waals surface area contributed by atoms with Crippen molar-refractivity contribution < 1.29 is 4.92 Å². The SMILES string of the molecule is Cc1cc(Nc2ncc(C)c(=O)n2N)cc([N+](=O)[O-])c1C. The Morgan fingerprint density at radius 1 is 1.29 bits per heavy atom. The number of nitro groups is 1. The summed E-state index contributed by atoms with van der Waals surface area (Å²) in [5.41, 5.74) is 1.81. The highest BCUT2D eigenvalue weighted by atomic mass is 16.6. The number of benzene rings is 1. The molecular weight excluding hydrogens is 274 g/mol. The van der Waals surface area contributed by atoms with Gasteiger partial charge in [-0.1, -0.05) is 0 Å². The van der Waals surface area contributed by atoms with Gasteiger partial charge in [-0.25, -0.2) is 4.98 Å². The minimum Gasteiger partial charge on any atom is -0.333 e. The van der Waals surface area contributed by atoms with E-state index in [-0.39, 0.29) is 17.2 Å². The van der Waals surface area contributed by atoms with Crippen LogP contribution in [0.1, 0.15) is 16.7 Å².